The summed E-state index contributed by atoms with van der Waals surface area (Å²) < 4.78 is 12.2. The van der Waals surface area contributed by atoms with Crippen LogP contribution in [0.4, 0.5) is 5.69 Å². The second-order valence-corrected chi connectivity index (χ2v) is 7.95. The molecule has 0 amide bonds. The van der Waals surface area contributed by atoms with Crippen molar-refractivity contribution in [1.82, 2.24) is 4.57 Å². The Morgan fingerprint density at radius 3 is 2.30 bits per heavy atom. The van der Waals surface area contributed by atoms with Gasteiger partial charge >= 0.3 is 11.9 Å². The van der Waals surface area contributed by atoms with E-state index in [0.29, 0.717) is 17.7 Å². The summed E-state index contributed by atoms with van der Waals surface area (Å²) in [6.45, 7) is 8.55. The van der Waals surface area contributed by atoms with Crippen molar-refractivity contribution in [2.75, 3.05) is 13.7 Å². The maximum atomic E-state index is 12.0. The van der Waals surface area contributed by atoms with Crippen LogP contribution in [0.2, 0.25) is 0 Å². The average molecular weight is 447 g/mol. The third kappa shape index (κ3) is 5.58. The molecule has 0 saturated carbocycles. The van der Waals surface area contributed by atoms with E-state index in [9.17, 15) is 9.59 Å². The van der Waals surface area contributed by atoms with E-state index in [1.807, 2.05) is 51.3 Å². The zero-order chi connectivity index (χ0) is 24.0. The Bertz CT molecular complexity index is 1170. The lowest BCUT2D eigenvalue weighted by atomic mass is 10.1. The number of carbonyl (C=O) groups is 2. The van der Waals surface area contributed by atoms with E-state index in [-0.39, 0.29) is 11.9 Å². The first-order valence-electron chi connectivity index (χ1n) is 11.0. The van der Waals surface area contributed by atoms with Crippen molar-refractivity contribution in [3.63, 3.8) is 0 Å². The lowest BCUT2D eigenvalue weighted by molar-refractivity contribution is 0.0499. The van der Waals surface area contributed by atoms with Gasteiger partial charge in [-0.15, -0.1) is 0 Å². The molecular weight excluding hydrogens is 416 g/mol. The predicted octanol–water partition coefficient (Wildman–Crippen LogP) is 5.90. The third-order valence-electron chi connectivity index (χ3n) is 5.52. The molecule has 0 aliphatic carbocycles. The summed E-state index contributed by atoms with van der Waals surface area (Å²) in [5.74, 6) is -0.658. The Morgan fingerprint density at radius 1 is 0.970 bits per heavy atom. The second-order valence-electron chi connectivity index (χ2n) is 7.95. The zero-order valence-corrected chi connectivity index (χ0v) is 19.8. The summed E-state index contributed by atoms with van der Waals surface area (Å²) in [6.07, 6.45) is 3.67. The van der Waals surface area contributed by atoms with Crippen molar-refractivity contribution in [2.24, 2.45) is 4.99 Å². The fourth-order valence-electron chi connectivity index (χ4n) is 3.66. The molecule has 0 fully saturated rings. The van der Waals surface area contributed by atoms with Crippen LogP contribution in [0.15, 0.2) is 53.5 Å². The van der Waals surface area contributed by atoms with Crippen LogP contribution in [-0.2, 0) is 9.47 Å². The number of unbranched alkanes of at least 4 members (excludes halogenated alkanes) is 1. The number of esters is 2. The maximum Gasteiger partial charge on any atom is 0.338 e. The Morgan fingerprint density at radius 2 is 1.67 bits per heavy atom. The lowest BCUT2D eigenvalue weighted by Gasteiger charge is -2.13. The van der Waals surface area contributed by atoms with Gasteiger partial charge in [-0.25, -0.2) is 9.59 Å². The molecule has 172 valence electrons. The average Bonchev–Trinajstić information content (AvgIpc) is 3.10. The van der Waals surface area contributed by atoms with Gasteiger partial charge in [0.2, 0.25) is 0 Å². The number of hydrogen-bond donors (Lipinski definition) is 0. The van der Waals surface area contributed by atoms with E-state index in [2.05, 4.69) is 22.5 Å². The molecule has 0 radical (unpaired) electrons. The quantitative estimate of drug-likeness (QED) is 0.245. The summed E-state index contributed by atoms with van der Waals surface area (Å²) in [5.41, 5.74) is 6.88. The van der Waals surface area contributed by atoms with Gasteiger partial charge in [0, 0.05) is 28.9 Å². The van der Waals surface area contributed by atoms with Crippen LogP contribution in [0, 0.1) is 20.8 Å². The minimum Gasteiger partial charge on any atom is -0.465 e. The molecule has 0 N–H and O–H groups in total. The normalized spacial score (nSPS) is 11.1. The van der Waals surface area contributed by atoms with Gasteiger partial charge in [0.05, 0.1) is 30.5 Å². The summed E-state index contributed by atoms with van der Waals surface area (Å²) in [4.78, 5) is 28.4. The van der Waals surface area contributed by atoms with Crippen LogP contribution in [0.5, 0.6) is 0 Å². The SMILES string of the molecule is CCCCOC(=O)c1ccc(N=Cc2cc(C)n(-c3ccc(C(=O)OC)cc3C)c2C)cc1. The van der Waals surface area contributed by atoms with Gasteiger partial charge in [-0.3, -0.25) is 4.99 Å². The topological polar surface area (TPSA) is 69.9 Å². The van der Waals surface area contributed by atoms with Gasteiger partial charge in [-0.2, -0.15) is 0 Å². The summed E-state index contributed by atoms with van der Waals surface area (Å²) in [6, 6.07) is 14.7. The number of carbonyl (C=O) groups excluding carboxylic acids is 2. The first kappa shape index (κ1) is 24.0. The minimum absolute atomic E-state index is 0.309. The van der Waals surface area contributed by atoms with E-state index in [4.69, 9.17) is 9.47 Å². The molecule has 6 heteroatoms. The highest BCUT2D eigenvalue weighted by Crippen LogP contribution is 2.24. The minimum atomic E-state index is -0.348. The maximum absolute atomic E-state index is 12.0. The van der Waals surface area contributed by atoms with Crippen LogP contribution < -0.4 is 0 Å². The van der Waals surface area contributed by atoms with Crippen molar-refractivity contribution in [3.05, 3.63) is 82.2 Å². The van der Waals surface area contributed by atoms with Crippen molar-refractivity contribution in [1.29, 1.82) is 0 Å². The fourth-order valence-corrected chi connectivity index (χ4v) is 3.66. The molecule has 6 nitrogen and oxygen atoms in total. The molecule has 2 aromatic carbocycles. The first-order valence-corrected chi connectivity index (χ1v) is 11.0. The third-order valence-corrected chi connectivity index (χ3v) is 5.52. The number of rotatable bonds is 8. The molecule has 0 bridgehead atoms. The van der Waals surface area contributed by atoms with Gasteiger partial charge in [-0.05, 0) is 81.3 Å². The fraction of sp³-hybridized carbons (Fsp3) is 0.296. The molecule has 1 heterocycles. The molecule has 1 aromatic heterocycles. The molecule has 0 saturated heterocycles. The van der Waals surface area contributed by atoms with Crippen molar-refractivity contribution >= 4 is 23.8 Å². The van der Waals surface area contributed by atoms with E-state index < -0.39 is 0 Å². The molecule has 0 atom stereocenters. The summed E-state index contributed by atoms with van der Waals surface area (Å²) in [5, 5.41) is 0. The summed E-state index contributed by atoms with van der Waals surface area (Å²) in [7, 11) is 1.38. The molecule has 0 unspecified atom stereocenters. The standard InChI is InChI=1S/C27H30N2O4/c1-6-7-14-33-27(31)21-8-11-24(12-9-21)28-17-23-16-19(3)29(20(23)4)25-13-10-22(15-18(25)2)26(30)32-5/h8-13,15-17H,6-7,14H2,1-5H3. The van der Waals surface area contributed by atoms with E-state index in [0.717, 1.165) is 46.7 Å². The Kier molecular flexibility index (Phi) is 7.83. The highest BCUT2D eigenvalue weighted by Gasteiger charge is 2.14. The molecule has 0 aliphatic heterocycles. The van der Waals surface area contributed by atoms with E-state index in [1.165, 1.54) is 7.11 Å². The van der Waals surface area contributed by atoms with Crippen LogP contribution in [-0.4, -0.2) is 36.4 Å². The van der Waals surface area contributed by atoms with Crippen molar-refractivity contribution < 1.29 is 19.1 Å². The number of hydrogen-bond acceptors (Lipinski definition) is 5. The van der Waals surface area contributed by atoms with Gasteiger partial charge < -0.3 is 14.0 Å². The van der Waals surface area contributed by atoms with Gasteiger partial charge in [-0.1, -0.05) is 13.3 Å². The highest BCUT2D eigenvalue weighted by molar-refractivity contribution is 5.91. The predicted molar refractivity (Wildman–Crippen MR) is 130 cm³/mol. The van der Waals surface area contributed by atoms with Crippen LogP contribution >= 0.6 is 0 Å². The first-order chi connectivity index (χ1) is 15.8. The second kappa shape index (κ2) is 10.8. The van der Waals surface area contributed by atoms with E-state index >= 15 is 0 Å². The number of aryl methyl sites for hydroxylation is 2. The Hall–Kier alpha value is -3.67. The smallest absolute Gasteiger partial charge is 0.338 e. The number of benzene rings is 2. The van der Waals surface area contributed by atoms with Crippen LogP contribution in [0.3, 0.4) is 0 Å². The monoisotopic (exact) mass is 446 g/mol. The van der Waals surface area contributed by atoms with Gasteiger partial charge in [0.15, 0.2) is 0 Å². The molecule has 0 spiro atoms. The largest absolute Gasteiger partial charge is 0.465 e. The number of ether oxygens (including phenoxy) is 2. The molecule has 3 aromatic rings. The van der Waals surface area contributed by atoms with Gasteiger partial charge in [0.1, 0.15) is 0 Å². The number of methoxy groups -OCH3 is 1. The Labute approximate surface area is 194 Å². The lowest BCUT2D eigenvalue weighted by Crippen LogP contribution is -2.06. The molecular formula is C27H30N2O4. The number of aromatic nitrogens is 1. The highest BCUT2D eigenvalue weighted by atomic mass is 16.5. The van der Waals surface area contributed by atoms with E-state index in [1.54, 1.807) is 18.2 Å². The van der Waals surface area contributed by atoms with Gasteiger partial charge in [0.25, 0.3) is 0 Å². The van der Waals surface area contributed by atoms with Crippen molar-refractivity contribution in [3.8, 4) is 5.69 Å². The molecule has 33 heavy (non-hydrogen) atoms. The molecule has 0 aliphatic rings. The number of aliphatic imine (C=N–C) groups is 1. The Balaban J connectivity index is 1.79. The summed E-state index contributed by atoms with van der Waals surface area (Å²) >= 11 is 0. The van der Waals surface area contributed by atoms with Crippen LogP contribution in [0.1, 0.15) is 63.0 Å². The molecule has 3 rings (SSSR count). The van der Waals surface area contributed by atoms with Crippen molar-refractivity contribution in [2.45, 2.75) is 40.5 Å². The number of nitrogens with zero attached hydrogens (tertiary/aromatic N) is 2. The van der Waals surface area contributed by atoms with Crippen LogP contribution in [0.25, 0.3) is 5.69 Å². The zero-order valence-electron chi connectivity index (χ0n) is 19.8.